The molecular formula is C15H19N3O3. The van der Waals surface area contributed by atoms with Crippen molar-refractivity contribution in [1.29, 1.82) is 5.26 Å². The monoisotopic (exact) mass is 289 g/mol. The zero-order valence-electron chi connectivity index (χ0n) is 12.2. The van der Waals surface area contributed by atoms with Crippen molar-refractivity contribution in [3.8, 4) is 11.8 Å². The van der Waals surface area contributed by atoms with Crippen LogP contribution in [0.3, 0.4) is 0 Å². The van der Waals surface area contributed by atoms with E-state index in [4.69, 9.17) is 10.00 Å². The van der Waals surface area contributed by atoms with E-state index in [1.807, 2.05) is 11.0 Å². The summed E-state index contributed by atoms with van der Waals surface area (Å²) in [5.74, 6) is -0.0156. The number of amides is 1. The van der Waals surface area contributed by atoms with Crippen LogP contribution >= 0.6 is 0 Å². The Kier molecular flexibility index (Phi) is 4.78. The highest BCUT2D eigenvalue weighted by Gasteiger charge is 2.30. The van der Waals surface area contributed by atoms with Gasteiger partial charge in [-0.15, -0.1) is 0 Å². The molecule has 1 saturated heterocycles. The summed E-state index contributed by atoms with van der Waals surface area (Å²) < 4.78 is 5.40. The fourth-order valence-corrected chi connectivity index (χ4v) is 2.36. The van der Waals surface area contributed by atoms with Gasteiger partial charge in [0.05, 0.1) is 18.8 Å². The van der Waals surface area contributed by atoms with E-state index in [9.17, 15) is 9.90 Å². The molecule has 21 heavy (non-hydrogen) atoms. The fraction of sp³-hybridized carbons (Fsp3) is 0.467. The topological polar surface area (TPSA) is 76.8 Å². The SMILES string of the molecule is CN(C)C(=O)C1COCCN1Cc1ccc(O)c(C#N)c1. The molecule has 1 amide bonds. The van der Waals surface area contributed by atoms with Gasteiger partial charge in [0.25, 0.3) is 0 Å². The highest BCUT2D eigenvalue weighted by molar-refractivity contribution is 5.81. The number of phenolic OH excluding ortho intramolecular Hbond substituents is 1. The lowest BCUT2D eigenvalue weighted by Crippen LogP contribution is -2.52. The van der Waals surface area contributed by atoms with Gasteiger partial charge >= 0.3 is 0 Å². The quantitative estimate of drug-likeness (QED) is 0.879. The smallest absolute Gasteiger partial charge is 0.241 e. The molecule has 0 aliphatic carbocycles. The first-order chi connectivity index (χ1) is 10.0. The van der Waals surface area contributed by atoms with E-state index in [2.05, 4.69) is 0 Å². The number of phenols is 1. The van der Waals surface area contributed by atoms with Crippen molar-refractivity contribution in [2.24, 2.45) is 0 Å². The second kappa shape index (κ2) is 6.57. The predicted octanol–water partition coefficient (Wildman–Crippen LogP) is 0.553. The van der Waals surface area contributed by atoms with Gasteiger partial charge in [0.15, 0.2) is 0 Å². The molecule has 1 N–H and O–H groups in total. The van der Waals surface area contributed by atoms with E-state index in [0.717, 1.165) is 5.56 Å². The standard InChI is InChI=1S/C15H19N3O3/c1-17(2)15(20)13-10-21-6-5-18(13)9-11-3-4-14(19)12(7-11)8-16/h3-4,7,13,19H,5-6,9-10H2,1-2H3. The van der Waals surface area contributed by atoms with E-state index >= 15 is 0 Å². The molecule has 1 aromatic rings. The number of benzene rings is 1. The van der Waals surface area contributed by atoms with Gasteiger partial charge in [-0.1, -0.05) is 6.07 Å². The van der Waals surface area contributed by atoms with Gasteiger partial charge < -0.3 is 14.7 Å². The Balaban J connectivity index is 2.16. The minimum absolute atomic E-state index is 0.00832. The van der Waals surface area contributed by atoms with Crippen LogP contribution < -0.4 is 0 Å². The summed E-state index contributed by atoms with van der Waals surface area (Å²) >= 11 is 0. The third-order valence-corrected chi connectivity index (χ3v) is 3.53. The number of hydrogen-bond acceptors (Lipinski definition) is 5. The lowest BCUT2D eigenvalue weighted by molar-refractivity contribution is -0.141. The Labute approximate surface area is 124 Å². The van der Waals surface area contributed by atoms with Gasteiger partial charge in [-0.3, -0.25) is 9.69 Å². The van der Waals surface area contributed by atoms with E-state index < -0.39 is 0 Å². The van der Waals surface area contributed by atoms with Gasteiger partial charge in [0, 0.05) is 27.2 Å². The van der Waals surface area contributed by atoms with Crippen LogP contribution in [0.25, 0.3) is 0 Å². The van der Waals surface area contributed by atoms with Crippen molar-refractivity contribution >= 4 is 5.91 Å². The largest absolute Gasteiger partial charge is 0.507 e. The number of carbonyl (C=O) groups excluding carboxylic acids is 1. The molecule has 6 heteroatoms. The number of carbonyl (C=O) groups is 1. The summed E-state index contributed by atoms with van der Waals surface area (Å²) in [6, 6.07) is 6.58. The van der Waals surface area contributed by atoms with Gasteiger partial charge in [-0.25, -0.2) is 0 Å². The Morgan fingerprint density at radius 2 is 2.33 bits per heavy atom. The number of ether oxygens (including phenoxy) is 1. The summed E-state index contributed by atoms with van der Waals surface area (Å²) in [7, 11) is 3.45. The molecule has 0 aromatic heterocycles. The summed E-state index contributed by atoms with van der Waals surface area (Å²) in [6.07, 6.45) is 0. The van der Waals surface area contributed by atoms with Crippen LogP contribution in [0.2, 0.25) is 0 Å². The summed E-state index contributed by atoms with van der Waals surface area (Å²) in [5.41, 5.74) is 1.14. The van der Waals surface area contributed by atoms with Crippen LogP contribution in [0.5, 0.6) is 5.75 Å². The van der Waals surface area contributed by atoms with Crippen molar-refractivity contribution in [1.82, 2.24) is 9.80 Å². The molecule has 0 radical (unpaired) electrons. The average Bonchev–Trinajstić information content (AvgIpc) is 2.49. The molecule has 1 aromatic carbocycles. The third-order valence-electron chi connectivity index (χ3n) is 3.53. The zero-order valence-corrected chi connectivity index (χ0v) is 12.2. The lowest BCUT2D eigenvalue weighted by Gasteiger charge is -2.35. The second-order valence-electron chi connectivity index (χ2n) is 5.26. The molecule has 1 fully saturated rings. The highest BCUT2D eigenvalue weighted by atomic mass is 16.5. The number of hydrogen-bond donors (Lipinski definition) is 1. The predicted molar refractivity (Wildman–Crippen MR) is 76.5 cm³/mol. The van der Waals surface area contributed by atoms with Gasteiger partial charge in [-0.05, 0) is 17.7 Å². The Morgan fingerprint density at radius 3 is 3.00 bits per heavy atom. The van der Waals surface area contributed by atoms with Crippen LogP contribution in [0.1, 0.15) is 11.1 Å². The number of nitrogens with zero attached hydrogens (tertiary/aromatic N) is 3. The number of nitriles is 1. The second-order valence-corrected chi connectivity index (χ2v) is 5.26. The highest BCUT2D eigenvalue weighted by Crippen LogP contribution is 2.20. The van der Waals surface area contributed by atoms with Gasteiger partial charge in [-0.2, -0.15) is 5.26 Å². The van der Waals surface area contributed by atoms with Crippen molar-refractivity contribution in [2.75, 3.05) is 33.9 Å². The van der Waals surface area contributed by atoms with E-state index in [0.29, 0.717) is 26.3 Å². The number of aromatic hydroxyl groups is 1. The molecule has 2 rings (SSSR count). The van der Waals surface area contributed by atoms with E-state index in [-0.39, 0.29) is 23.3 Å². The van der Waals surface area contributed by atoms with Crippen LogP contribution in [0, 0.1) is 11.3 Å². The maximum Gasteiger partial charge on any atom is 0.241 e. The van der Waals surface area contributed by atoms with Crippen molar-refractivity contribution < 1.29 is 14.6 Å². The summed E-state index contributed by atoms with van der Waals surface area (Å²) in [5, 5.41) is 18.5. The number of likely N-dealkylation sites (N-methyl/N-ethyl adjacent to an activating group) is 1. The summed E-state index contributed by atoms with van der Waals surface area (Å²) in [4.78, 5) is 15.8. The van der Waals surface area contributed by atoms with Crippen molar-refractivity contribution in [3.63, 3.8) is 0 Å². The molecule has 1 atom stereocenters. The fourth-order valence-electron chi connectivity index (χ4n) is 2.36. The molecule has 0 bridgehead atoms. The maximum absolute atomic E-state index is 12.2. The molecule has 112 valence electrons. The van der Waals surface area contributed by atoms with E-state index in [1.165, 1.54) is 6.07 Å². The molecular weight excluding hydrogens is 270 g/mol. The molecule has 0 spiro atoms. The van der Waals surface area contributed by atoms with Crippen molar-refractivity contribution in [3.05, 3.63) is 29.3 Å². The minimum Gasteiger partial charge on any atom is -0.507 e. The summed E-state index contributed by atoms with van der Waals surface area (Å²) in [6.45, 7) is 2.16. The van der Waals surface area contributed by atoms with E-state index in [1.54, 1.807) is 31.1 Å². The lowest BCUT2D eigenvalue weighted by atomic mass is 10.1. The molecule has 1 heterocycles. The number of morpholine rings is 1. The molecule has 1 unspecified atom stereocenters. The average molecular weight is 289 g/mol. The third kappa shape index (κ3) is 3.51. The van der Waals surface area contributed by atoms with Crippen LogP contribution in [-0.2, 0) is 16.1 Å². The first kappa shape index (κ1) is 15.3. The first-order valence-corrected chi connectivity index (χ1v) is 6.78. The van der Waals surface area contributed by atoms with Gasteiger partial charge in [0.2, 0.25) is 5.91 Å². The number of rotatable bonds is 3. The first-order valence-electron chi connectivity index (χ1n) is 6.78. The maximum atomic E-state index is 12.2. The van der Waals surface area contributed by atoms with Crippen LogP contribution in [0.15, 0.2) is 18.2 Å². The molecule has 1 aliphatic rings. The Morgan fingerprint density at radius 1 is 1.57 bits per heavy atom. The molecule has 0 saturated carbocycles. The van der Waals surface area contributed by atoms with Crippen LogP contribution in [-0.4, -0.2) is 60.7 Å². The van der Waals surface area contributed by atoms with Crippen LogP contribution in [0.4, 0.5) is 0 Å². The normalized spacial score (nSPS) is 19.0. The Bertz CT molecular complexity index is 566. The minimum atomic E-state index is -0.312. The Hall–Kier alpha value is -2.10. The van der Waals surface area contributed by atoms with Crippen molar-refractivity contribution in [2.45, 2.75) is 12.6 Å². The molecule has 6 nitrogen and oxygen atoms in total. The molecule has 1 aliphatic heterocycles. The van der Waals surface area contributed by atoms with Gasteiger partial charge in [0.1, 0.15) is 17.9 Å². The zero-order chi connectivity index (χ0) is 15.4.